The summed E-state index contributed by atoms with van der Waals surface area (Å²) >= 11 is 0. The third-order valence-electron chi connectivity index (χ3n) is 4.37. The summed E-state index contributed by atoms with van der Waals surface area (Å²) in [6.45, 7) is 4.26. The van der Waals surface area contributed by atoms with Crippen LogP contribution in [0.3, 0.4) is 0 Å². The lowest BCUT2D eigenvalue weighted by atomic mass is 9.86. The minimum atomic E-state index is 0.223. The zero-order valence-electron chi connectivity index (χ0n) is 12.4. The van der Waals surface area contributed by atoms with Crippen LogP contribution in [-0.2, 0) is 0 Å². The molecule has 1 fully saturated rings. The highest BCUT2D eigenvalue weighted by Crippen LogP contribution is 2.29. The van der Waals surface area contributed by atoms with Crippen LogP contribution in [0.4, 0.5) is 5.69 Å². The summed E-state index contributed by atoms with van der Waals surface area (Å²) in [6.07, 6.45) is 5.86. The number of rotatable bonds is 4. The third kappa shape index (κ3) is 3.37. The van der Waals surface area contributed by atoms with Gasteiger partial charge in [0.2, 0.25) is 0 Å². The molecule has 0 spiro atoms. The summed E-state index contributed by atoms with van der Waals surface area (Å²) in [5.74, 6) is 1.06. The molecule has 2 atom stereocenters. The van der Waals surface area contributed by atoms with Crippen LogP contribution in [-0.4, -0.2) is 18.9 Å². The molecule has 0 N–H and O–H groups in total. The van der Waals surface area contributed by atoms with Gasteiger partial charge in [-0.25, -0.2) is 0 Å². The number of hydrogen-bond acceptors (Lipinski definition) is 2. The van der Waals surface area contributed by atoms with Gasteiger partial charge in [0.1, 0.15) is 0 Å². The van der Waals surface area contributed by atoms with Crippen molar-refractivity contribution in [2.24, 2.45) is 5.92 Å². The lowest BCUT2D eigenvalue weighted by molar-refractivity contribution is 0.0988. The highest BCUT2D eigenvalue weighted by atomic mass is 16.1. The van der Waals surface area contributed by atoms with E-state index in [0.717, 1.165) is 11.5 Å². The number of benzene rings is 1. The van der Waals surface area contributed by atoms with Gasteiger partial charge in [0, 0.05) is 30.8 Å². The first-order valence-electron chi connectivity index (χ1n) is 7.48. The first-order chi connectivity index (χ1) is 9.11. The Kier molecular flexibility index (Phi) is 4.62. The quantitative estimate of drug-likeness (QED) is 0.752. The average molecular weight is 259 g/mol. The number of anilines is 1. The largest absolute Gasteiger partial charge is 0.372 e. The van der Waals surface area contributed by atoms with E-state index >= 15 is 0 Å². The van der Waals surface area contributed by atoms with Gasteiger partial charge in [-0.1, -0.05) is 26.7 Å². The molecule has 0 radical (unpaired) electrons. The zero-order valence-corrected chi connectivity index (χ0v) is 12.4. The van der Waals surface area contributed by atoms with Gasteiger partial charge in [0.05, 0.1) is 0 Å². The van der Waals surface area contributed by atoms with Crippen molar-refractivity contribution < 1.29 is 4.79 Å². The first-order valence-corrected chi connectivity index (χ1v) is 7.48. The van der Waals surface area contributed by atoms with E-state index in [4.69, 9.17) is 0 Å². The van der Waals surface area contributed by atoms with Crippen LogP contribution in [0.5, 0.6) is 0 Å². The molecular weight excluding hydrogens is 234 g/mol. The Morgan fingerprint density at radius 3 is 2.53 bits per heavy atom. The van der Waals surface area contributed by atoms with Crippen molar-refractivity contribution in [3.8, 4) is 0 Å². The molecule has 1 aromatic carbocycles. The fourth-order valence-electron chi connectivity index (χ4n) is 3.05. The van der Waals surface area contributed by atoms with Gasteiger partial charge in [-0.3, -0.25) is 4.79 Å². The fraction of sp³-hybridized carbons (Fsp3) is 0.588. The first kappa shape index (κ1) is 14.1. The number of nitrogens with zero attached hydrogens (tertiary/aromatic N) is 1. The SMILES string of the molecule is CCC(=O)c1ccc(N(C)C2CCCC(C)C2)cc1. The van der Waals surface area contributed by atoms with Crippen molar-refractivity contribution in [2.75, 3.05) is 11.9 Å². The molecule has 2 nitrogen and oxygen atoms in total. The molecule has 0 saturated heterocycles. The zero-order chi connectivity index (χ0) is 13.8. The predicted octanol–water partition coefficient (Wildman–Crippen LogP) is 4.29. The van der Waals surface area contributed by atoms with Crippen LogP contribution in [0.1, 0.15) is 56.3 Å². The molecule has 2 unspecified atom stereocenters. The van der Waals surface area contributed by atoms with Crippen LogP contribution < -0.4 is 4.90 Å². The number of hydrogen-bond donors (Lipinski definition) is 0. The molecule has 1 aromatic rings. The molecule has 0 aliphatic heterocycles. The van der Waals surface area contributed by atoms with Gasteiger partial charge in [0.15, 0.2) is 5.78 Å². The van der Waals surface area contributed by atoms with Crippen molar-refractivity contribution in [1.29, 1.82) is 0 Å². The monoisotopic (exact) mass is 259 g/mol. The molecule has 0 amide bonds. The van der Waals surface area contributed by atoms with Crippen LogP contribution in [0, 0.1) is 5.92 Å². The summed E-state index contributed by atoms with van der Waals surface area (Å²) in [7, 11) is 2.18. The van der Waals surface area contributed by atoms with Crippen LogP contribution in [0.25, 0.3) is 0 Å². The highest BCUT2D eigenvalue weighted by Gasteiger charge is 2.22. The van der Waals surface area contributed by atoms with Gasteiger partial charge in [-0.15, -0.1) is 0 Å². The fourth-order valence-corrected chi connectivity index (χ4v) is 3.05. The van der Waals surface area contributed by atoms with Crippen LogP contribution in [0.15, 0.2) is 24.3 Å². The molecule has 0 aromatic heterocycles. The van der Waals surface area contributed by atoms with Crippen LogP contribution >= 0.6 is 0 Å². The van der Waals surface area contributed by atoms with Crippen molar-refractivity contribution >= 4 is 11.5 Å². The van der Waals surface area contributed by atoms with Gasteiger partial charge in [0.25, 0.3) is 0 Å². The van der Waals surface area contributed by atoms with E-state index in [0.29, 0.717) is 12.5 Å². The second kappa shape index (κ2) is 6.23. The van der Waals surface area contributed by atoms with Crippen molar-refractivity contribution in [1.82, 2.24) is 0 Å². The molecule has 1 saturated carbocycles. The summed E-state index contributed by atoms with van der Waals surface area (Å²) in [4.78, 5) is 14.0. The van der Waals surface area contributed by atoms with Crippen molar-refractivity contribution in [3.63, 3.8) is 0 Å². The highest BCUT2D eigenvalue weighted by molar-refractivity contribution is 5.96. The van der Waals surface area contributed by atoms with Gasteiger partial charge in [-0.05, 0) is 43.0 Å². The predicted molar refractivity (Wildman–Crippen MR) is 80.9 cm³/mol. The number of carbonyl (C=O) groups is 1. The number of ketones is 1. The molecule has 1 aliphatic rings. The number of carbonyl (C=O) groups excluding carboxylic acids is 1. The van der Waals surface area contributed by atoms with E-state index < -0.39 is 0 Å². The summed E-state index contributed by atoms with van der Waals surface area (Å²) in [5.41, 5.74) is 2.06. The maximum absolute atomic E-state index is 11.6. The Hall–Kier alpha value is -1.31. The molecule has 1 aliphatic carbocycles. The lowest BCUT2D eigenvalue weighted by Crippen LogP contribution is -2.35. The standard InChI is InChI=1S/C17H25NO/c1-4-17(19)14-8-10-15(11-9-14)18(3)16-7-5-6-13(2)12-16/h8-11,13,16H,4-7,12H2,1-3H3. The minimum absolute atomic E-state index is 0.223. The summed E-state index contributed by atoms with van der Waals surface area (Å²) in [5, 5.41) is 0. The van der Waals surface area contributed by atoms with E-state index in [1.807, 2.05) is 19.1 Å². The molecule has 19 heavy (non-hydrogen) atoms. The summed E-state index contributed by atoms with van der Waals surface area (Å²) in [6, 6.07) is 8.74. The maximum atomic E-state index is 11.6. The van der Waals surface area contributed by atoms with E-state index in [9.17, 15) is 4.79 Å². The van der Waals surface area contributed by atoms with E-state index in [-0.39, 0.29) is 5.78 Å². The Morgan fingerprint density at radius 2 is 1.95 bits per heavy atom. The van der Waals surface area contributed by atoms with Gasteiger partial charge >= 0.3 is 0 Å². The van der Waals surface area contributed by atoms with E-state index in [1.54, 1.807) is 0 Å². The topological polar surface area (TPSA) is 20.3 Å². The molecule has 2 rings (SSSR count). The normalized spacial score (nSPS) is 23.1. The molecule has 0 bridgehead atoms. The van der Waals surface area contributed by atoms with Gasteiger partial charge in [-0.2, -0.15) is 0 Å². The third-order valence-corrected chi connectivity index (χ3v) is 4.37. The Bertz CT molecular complexity index is 423. The Balaban J connectivity index is 2.06. The van der Waals surface area contributed by atoms with Crippen LogP contribution in [0.2, 0.25) is 0 Å². The summed E-state index contributed by atoms with van der Waals surface area (Å²) < 4.78 is 0. The molecule has 104 valence electrons. The van der Waals surface area contributed by atoms with E-state index in [1.165, 1.54) is 31.4 Å². The minimum Gasteiger partial charge on any atom is -0.372 e. The number of Topliss-reactive ketones (excluding diaryl/α,β-unsaturated/α-hetero) is 1. The Morgan fingerprint density at radius 1 is 1.26 bits per heavy atom. The maximum Gasteiger partial charge on any atom is 0.162 e. The molecule has 0 heterocycles. The lowest BCUT2D eigenvalue weighted by Gasteiger charge is -2.35. The second-order valence-corrected chi connectivity index (χ2v) is 5.86. The van der Waals surface area contributed by atoms with Crippen molar-refractivity contribution in [2.45, 2.75) is 52.0 Å². The molecular formula is C17H25NO. The van der Waals surface area contributed by atoms with E-state index in [2.05, 4.69) is 31.0 Å². The average Bonchev–Trinajstić information content (AvgIpc) is 2.46. The van der Waals surface area contributed by atoms with Gasteiger partial charge < -0.3 is 4.90 Å². The second-order valence-electron chi connectivity index (χ2n) is 5.86. The molecule has 2 heteroatoms. The Labute approximate surface area is 116 Å². The smallest absolute Gasteiger partial charge is 0.162 e. The van der Waals surface area contributed by atoms with Crippen molar-refractivity contribution in [3.05, 3.63) is 29.8 Å².